The number of thiophene rings is 1. The minimum absolute atomic E-state index is 0.234. The summed E-state index contributed by atoms with van der Waals surface area (Å²) in [6.07, 6.45) is 1.33. The molecule has 0 aliphatic rings. The van der Waals surface area contributed by atoms with Crippen molar-refractivity contribution in [2.24, 2.45) is 0 Å². The van der Waals surface area contributed by atoms with Gasteiger partial charge in [0.05, 0.1) is 7.11 Å². The van der Waals surface area contributed by atoms with E-state index in [4.69, 9.17) is 4.74 Å². The molecule has 0 spiro atoms. The Labute approximate surface area is 118 Å². The van der Waals surface area contributed by atoms with Gasteiger partial charge in [-0.1, -0.05) is 12.1 Å². The van der Waals surface area contributed by atoms with Crippen molar-refractivity contribution in [3.63, 3.8) is 0 Å². The molecule has 0 unspecified atom stereocenters. The Bertz CT molecular complexity index is 567. The van der Waals surface area contributed by atoms with E-state index in [1.54, 1.807) is 18.4 Å². The molecule has 0 aliphatic carbocycles. The number of hydrogen-bond donors (Lipinski definition) is 0. The largest absolute Gasteiger partial charge is 0.497 e. The molecule has 3 heteroatoms. The fourth-order valence-electron chi connectivity index (χ4n) is 2.09. The van der Waals surface area contributed by atoms with E-state index in [1.807, 2.05) is 44.2 Å². The third-order valence-corrected chi connectivity index (χ3v) is 4.11. The number of hydrogen-bond acceptors (Lipinski definition) is 3. The summed E-state index contributed by atoms with van der Waals surface area (Å²) in [5.74, 6) is 1.08. The van der Waals surface area contributed by atoms with E-state index >= 15 is 0 Å². The minimum Gasteiger partial charge on any atom is -0.497 e. The third-order valence-electron chi connectivity index (χ3n) is 3.14. The molecule has 100 valence electrons. The Morgan fingerprint density at radius 3 is 2.42 bits per heavy atom. The lowest BCUT2D eigenvalue weighted by molar-refractivity contribution is 0.0982. The normalized spacial score (nSPS) is 10.5. The molecule has 1 aromatic heterocycles. The van der Waals surface area contributed by atoms with Gasteiger partial charge in [0.2, 0.25) is 0 Å². The van der Waals surface area contributed by atoms with Crippen LogP contribution in [0.25, 0.3) is 0 Å². The predicted octanol–water partition coefficient (Wildman–Crippen LogP) is 4.19. The Hall–Kier alpha value is -1.61. The molecular formula is C16H18O2S. The van der Waals surface area contributed by atoms with Gasteiger partial charge in [-0.25, -0.2) is 0 Å². The molecule has 0 bridgehead atoms. The number of rotatable bonds is 5. The second-order valence-corrected chi connectivity index (χ2v) is 6.06. The van der Waals surface area contributed by atoms with E-state index in [-0.39, 0.29) is 5.78 Å². The van der Waals surface area contributed by atoms with Crippen molar-refractivity contribution in [3.8, 4) is 5.75 Å². The summed E-state index contributed by atoms with van der Waals surface area (Å²) < 4.78 is 5.12. The second kappa shape index (κ2) is 6.02. The van der Waals surface area contributed by atoms with Gasteiger partial charge in [-0.3, -0.25) is 4.79 Å². The molecule has 0 N–H and O–H groups in total. The lowest BCUT2D eigenvalue weighted by atomic mass is 10.0. The SMILES string of the molecule is COc1ccc(CCC(=O)c2cc(C)sc2C)cc1. The number of ether oxygens (including phenoxy) is 1. The Morgan fingerprint density at radius 1 is 1.21 bits per heavy atom. The first-order chi connectivity index (χ1) is 9.10. The Kier molecular flexibility index (Phi) is 4.38. The van der Waals surface area contributed by atoms with Crippen LogP contribution in [0.15, 0.2) is 30.3 Å². The van der Waals surface area contributed by atoms with Gasteiger partial charge in [-0.15, -0.1) is 11.3 Å². The smallest absolute Gasteiger partial charge is 0.164 e. The first-order valence-electron chi connectivity index (χ1n) is 6.33. The van der Waals surface area contributed by atoms with Gasteiger partial charge in [-0.2, -0.15) is 0 Å². The van der Waals surface area contributed by atoms with Crippen LogP contribution in [0.1, 0.15) is 32.1 Å². The average molecular weight is 274 g/mol. The van der Waals surface area contributed by atoms with Crippen LogP contribution in [-0.2, 0) is 6.42 Å². The van der Waals surface area contributed by atoms with E-state index in [9.17, 15) is 4.79 Å². The van der Waals surface area contributed by atoms with Crippen molar-refractivity contribution in [1.82, 2.24) is 0 Å². The topological polar surface area (TPSA) is 26.3 Å². The maximum atomic E-state index is 12.2. The van der Waals surface area contributed by atoms with Crippen LogP contribution in [0.4, 0.5) is 0 Å². The minimum atomic E-state index is 0.234. The van der Waals surface area contributed by atoms with Crippen LogP contribution in [-0.4, -0.2) is 12.9 Å². The Balaban J connectivity index is 1.98. The van der Waals surface area contributed by atoms with Crippen molar-refractivity contribution in [3.05, 3.63) is 51.2 Å². The van der Waals surface area contributed by atoms with Crippen LogP contribution < -0.4 is 4.74 Å². The predicted molar refractivity (Wildman–Crippen MR) is 79.4 cm³/mol. The molecule has 19 heavy (non-hydrogen) atoms. The van der Waals surface area contributed by atoms with Crippen LogP contribution in [0, 0.1) is 13.8 Å². The molecule has 2 rings (SSSR count). The first kappa shape index (κ1) is 13.8. The number of ketones is 1. The summed E-state index contributed by atoms with van der Waals surface area (Å²) in [6.45, 7) is 4.05. The van der Waals surface area contributed by atoms with E-state index < -0.39 is 0 Å². The molecule has 0 saturated heterocycles. The number of Topliss-reactive ketones (excluding diaryl/α,β-unsaturated/α-hetero) is 1. The summed E-state index contributed by atoms with van der Waals surface area (Å²) in [7, 11) is 1.65. The number of benzene rings is 1. The highest BCUT2D eigenvalue weighted by atomic mass is 32.1. The molecule has 0 aliphatic heterocycles. The summed E-state index contributed by atoms with van der Waals surface area (Å²) in [5, 5.41) is 0. The van der Waals surface area contributed by atoms with E-state index in [2.05, 4.69) is 0 Å². The molecule has 2 nitrogen and oxygen atoms in total. The maximum absolute atomic E-state index is 12.2. The number of methoxy groups -OCH3 is 1. The molecule has 0 amide bonds. The average Bonchev–Trinajstić information content (AvgIpc) is 2.75. The van der Waals surface area contributed by atoms with Crippen LogP contribution in [0.5, 0.6) is 5.75 Å². The standard InChI is InChI=1S/C16H18O2S/c1-11-10-15(12(2)19-11)16(17)9-6-13-4-7-14(18-3)8-5-13/h4-5,7-8,10H,6,9H2,1-3H3. The molecule has 0 radical (unpaired) electrons. The first-order valence-corrected chi connectivity index (χ1v) is 7.15. The van der Waals surface area contributed by atoms with Gasteiger partial charge in [0.1, 0.15) is 5.75 Å². The highest BCUT2D eigenvalue weighted by Crippen LogP contribution is 2.22. The van der Waals surface area contributed by atoms with Gasteiger partial charge in [0, 0.05) is 21.7 Å². The monoisotopic (exact) mass is 274 g/mol. The summed E-state index contributed by atoms with van der Waals surface area (Å²) in [4.78, 5) is 14.5. The van der Waals surface area contributed by atoms with Crippen molar-refractivity contribution in [2.45, 2.75) is 26.7 Å². The molecule has 1 heterocycles. The zero-order chi connectivity index (χ0) is 13.8. The lowest BCUT2D eigenvalue weighted by Crippen LogP contribution is -2.01. The summed E-state index contributed by atoms with van der Waals surface area (Å²) in [5.41, 5.74) is 2.05. The maximum Gasteiger partial charge on any atom is 0.164 e. The quantitative estimate of drug-likeness (QED) is 0.764. The zero-order valence-electron chi connectivity index (χ0n) is 11.5. The van der Waals surface area contributed by atoms with E-state index in [1.165, 1.54) is 10.4 Å². The third kappa shape index (κ3) is 3.44. The summed E-state index contributed by atoms with van der Waals surface area (Å²) in [6, 6.07) is 9.88. The molecule has 1 aromatic carbocycles. The molecule has 0 saturated carbocycles. The molecule has 2 aromatic rings. The van der Waals surface area contributed by atoms with Crippen LogP contribution in [0.2, 0.25) is 0 Å². The number of carbonyl (C=O) groups is 1. The van der Waals surface area contributed by atoms with Gasteiger partial charge < -0.3 is 4.74 Å². The fourth-order valence-corrected chi connectivity index (χ4v) is 3.03. The van der Waals surface area contributed by atoms with Crippen molar-refractivity contribution >= 4 is 17.1 Å². The van der Waals surface area contributed by atoms with Gasteiger partial charge in [0.15, 0.2) is 5.78 Å². The van der Waals surface area contributed by atoms with Crippen LogP contribution >= 0.6 is 11.3 Å². The highest BCUT2D eigenvalue weighted by Gasteiger charge is 2.11. The van der Waals surface area contributed by atoms with Gasteiger partial charge in [0.25, 0.3) is 0 Å². The molecular weight excluding hydrogens is 256 g/mol. The zero-order valence-corrected chi connectivity index (χ0v) is 12.3. The van der Waals surface area contributed by atoms with Crippen molar-refractivity contribution in [2.75, 3.05) is 7.11 Å². The number of carbonyl (C=O) groups excluding carboxylic acids is 1. The highest BCUT2D eigenvalue weighted by molar-refractivity contribution is 7.12. The second-order valence-electron chi connectivity index (χ2n) is 4.60. The van der Waals surface area contributed by atoms with Crippen molar-refractivity contribution < 1.29 is 9.53 Å². The van der Waals surface area contributed by atoms with Gasteiger partial charge >= 0.3 is 0 Å². The van der Waals surface area contributed by atoms with E-state index in [0.717, 1.165) is 22.6 Å². The van der Waals surface area contributed by atoms with Gasteiger partial charge in [-0.05, 0) is 44.0 Å². The summed E-state index contributed by atoms with van der Waals surface area (Å²) >= 11 is 1.69. The fraction of sp³-hybridized carbons (Fsp3) is 0.312. The van der Waals surface area contributed by atoms with E-state index in [0.29, 0.717) is 6.42 Å². The van der Waals surface area contributed by atoms with Crippen molar-refractivity contribution in [1.29, 1.82) is 0 Å². The molecule has 0 fully saturated rings. The Morgan fingerprint density at radius 2 is 1.89 bits per heavy atom. The molecule has 0 atom stereocenters. The van der Waals surface area contributed by atoms with Crippen LogP contribution in [0.3, 0.4) is 0 Å². The number of aryl methyl sites for hydroxylation is 3. The lowest BCUT2D eigenvalue weighted by Gasteiger charge is -2.03.